The van der Waals surface area contributed by atoms with E-state index in [9.17, 15) is 9.90 Å². The zero-order valence-electron chi connectivity index (χ0n) is 11.3. The molecule has 5 heteroatoms. The maximum absolute atomic E-state index is 11.9. The Morgan fingerprint density at radius 2 is 2.10 bits per heavy atom. The molecule has 1 aromatic carbocycles. The molecule has 0 radical (unpaired) electrons. The smallest absolute Gasteiger partial charge is 0.220 e. The van der Waals surface area contributed by atoms with Gasteiger partial charge in [-0.05, 0) is 18.1 Å². The van der Waals surface area contributed by atoms with E-state index in [0.29, 0.717) is 6.42 Å². The lowest BCUT2D eigenvalue weighted by Crippen LogP contribution is -2.30. The highest BCUT2D eigenvalue weighted by Crippen LogP contribution is 2.11. The lowest BCUT2D eigenvalue weighted by Gasteiger charge is -2.16. The van der Waals surface area contributed by atoms with Crippen LogP contribution in [0.5, 0.6) is 0 Å². The number of rotatable bonds is 7. The van der Waals surface area contributed by atoms with Gasteiger partial charge in [-0.1, -0.05) is 30.3 Å². The molecule has 0 unspecified atom stereocenters. The van der Waals surface area contributed by atoms with Crippen LogP contribution in [-0.2, 0) is 11.3 Å². The number of aliphatic hydroxyl groups excluding tert-OH is 1. The number of aliphatic hydroxyl groups is 1. The van der Waals surface area contributed by atoms with Crippen LogP contribution in [-0.4, -0.2) is 27.4 Å². The fourth-order valence-corrected chi connectivity index (χ4v) is 2.02. The summed E-state index contributed by atoms with van der Waals surface area (Å²) in [6.45, 7) is 0.616. The highest BCUT2D eigenvalue weighted by atomic mass is 16.3. The third-order valence-electron chi connectivity index (χ3n) is 3.07. The average molecular weight is 273 g/mol. The second-order valence-corrected chi connectivity index (χ2v) is 4.59. The summed E-state index contributed by atoms with van der Waals surface area (Å²) in [5.41, 5.74) is 0.912. The maximum Gasteiger partial charge on any atom is 0.220 e. The molecule has 2 rings (SSSR count). The largest absolute Gasteiger partial charge is 0.394 e. The van der Waals surface area contributed by atoms with Crippen LogP contribution < -0.4 is 5.32 Å². The summed E-state index contributed by atoms with van der Waals surface area (Å²) in [7, 11) is 0. The number of nitrogens with zero attached hydrogens (tertiary/aromatic N) is 2. The average Bonchev–Trinajstić information content (AvgIpc) is 2.99. The minimum Gasteiger partial charge on any atom is -0.394 e. The van der Waals surface area contributed by atoms with E-state index in [0.717, 1.165) is 18.5 Å². The highest BCUT2D eigenvalue weighted by molar-refractivity contribution is 5.76. The molecule has 0 aliphatic rings. The molecule has 0 spiro atoms. The van der Waals surface area contributed by atoms with E-state index in [-0.39, 0.29) is 18.6 Å². The van der Waals surface area contributed by atoms with Gasteiger partial charge in [0, 0.05) is 25.4 Å². The summed E-state index contributed by atoms with van der Waals surface area (Å²) >= 11 is 0. The van der Waals surface area contributed by atoms with Gasteiger partial charge in [0.25, 0.3) is 0 Å². The molecule has 20 heavy (non-hydrogen) atoms. The van der Waals surface area contributed by atoms with Gasteiger partial charge in [0.15, 0.2) is 0 Å². The van der Waals surface area contributed by atoms with Crippen molar-refractivity contribution in [1.82, 2.24) is 15.1 Å². The topological polar surface area (TPSA) is 67.2 Å². The van der Waals surface area contributed by atoms with E-state index in [1.165, 1.54) is 0 Å². The van der Waals surface area contributed by atoms with Crippen LogP contribution in [0.3, 0.4) is 0 Å². The van der Waals surface area contributed by atoms with Gasteiger partial charge < -0.3 is 10.4 Å². The second-order valence-electron chi connectivity index (χ2n) is 4.59. The number of carbonyl (C=O) groups is 1. The van der Waals surface area contributed by atoms with Gasteiger partial charge in [0.2, 0.25) is 5.91 Å². The molecule has 2 N–H and O–H groups in total. The quantitative estimate of drug-likeness (QED) is 0.803. The van der Waals surface area contributed by atoms with Crippen molar-refractivity contribution in [3.05, 3.63) is 54.4 Å². The van der Waals surface area contributed by atoms with Crippen LogP contribution >= 0.6 is 0 Å². The highest BCUT2D eigenvalue weighted by Gasteiger charge is 2.12. The van der Waals surface area contributed by atoms with Crippen molar-refractivity contribution in [2.75, 3.05) is 6.61 Å². The van der Waals surface area contributed by atoms with E-state index < -0.39 is 0 Å². The molecule has 0 saturated heterocycles. The molecule has 1 aromatic heterocycles. The van der Waals surface area contributed by atoms with Crippen molar-refractivity contribution in [2.45, 2.75) is 25.4 Å². The summed E-state index contributed by atoms with van der Waals surface area (Å²) in [5.74, 6) is -0.0555. The molecule has 1 amide bonds. The number of benzene rings is 1. The molecule has 0 bridgehead atoms. The summed E-state index contributed by atoms with van der Waals surface area (Å²) in [5, 5.41) is 16.3. The Balaban J connectivity index is 1.78. The van der Waals surface area contributed by atoms with Gasteiger partial charge in [0.1, 0.15) is 0 Å². The number of nitrogens with one attached hydrogen (secondary N) is 1. The number of aromatic nitrogens is 2. The van der Waals surface area contributed by atoms with Gasteiger partial charge >= 0.3 is 0 Å². The Morgan fingerprint density at radius 1 is 1.30 bits per heavy atom. The molecular weight excluding hydrogens is 254 g/mol. The molecule has 2 aromatic rings. The van der Waals surface area contributed by atoms with E-state index in [4.69, 9.17) is 0 Å². The van der Waals surface area contributed by atoms with Crippen LogP contribution in [0, 0.1) is 0 Å². The minimum atomic E-state index is -0.339. The number of carbonyl (C=O) groups excluding carboxylic acids is 1. The summed E-state index contributed by atoms with van der Waals surface area (Å²) in [4.78, 5) is 11.9. The second kappa shape index (κ2) is 7.45. The summed E-state index contributed by atoms with van der Waals surface area (Å²) in [6.07, 6.45) is 4.74. The lowest BCUT2D eigenvalue weighted by atomic mass is 10.1. The van der Waals surface area contributed by atoms with Gasteiger partial charge in [0.05, 0.1) is 12.6 Å². The summed E-state index contributed by atoms with van der Waals surface area (Å²) in [6, 6.07) is 11.0. The molecular formula is C15H19N3O2. The molecule has 0 aliphatic carbocycles. The van der Waals surface area contributed by atoms with Gasteiger partial charge in [-0.2, -0.15) is 5.10 Å². The van der Waals surface area contributed by atoms with E-state index in [1.807, 2.05) is 42.6 Å². The Hall–Kier alpha value is -2.14. The number of hydrogen-bond donors (Lipinski definition) is 2. The Bertz CT molecular complexity index is 511. The van der Waals surface area contributed by atoms with Crippen molar-refractivity contribution in [2.24, 2.45) is 0 Å². The van der Waals surface area contributed by atoms with Crippen LogP contribution in [0.25, 0.3) is 0 Å². The number of amides is 1. The molecule has 1 heterocycles. The molecule has 0 saturated carbocycles. The fourth-order valence-electron chi connectivity index (χ4n) is 2.02. The Kier molecular flexibility index (Phi) is 5.32. The van der Waals surface area contributed by atoms with Crippen LogP contribution in [0.1, 0.15) is 24.4 Å². The zero-order chi connectivity index (χ0) is 14.2. The third-order valence-corrected chi connectivity index (χ3v) is 3.07. The van der Waals surface area contributed by atoms with Crippen LogP contribution in [0.15, 0.2) is 48.8 Å². The standard InChI is InChI=1S/C15H19N3O2/c19-12-14(13-6-2-1-3-7-13)17-15(20)8-4-10-18-11-5-9-16-18/h1-3,5-7,9,11,14,19H,4,8,10,12H2,(H,17,20)/t14-/m0/s1. The van der Waals surface area contributed by atoms with Crippen molar-refractivity contribution >= 4 is 5.91 Å². The molecule has 1 atom stereocenters. The van der Waals surface area contributed by atoms with Crippen molar-refractivity contribution in [3.8, 4) is 0 Å². The van der Waals surface area contributed by atoms with Crippen molar-refractivity contribution in [3.63, 3.8) is 0 Å². The van der Waals surface area contributed by atoms with Crippen LogP contribution in [0.4, 0.5) is 0 Å². The first-order valence-electron chi connectivity index (χ1n) is 6.72. The van der Waals surface area contributed by atoms with E-state index in [2.05, 4.69) is 10.4 Å². The first-order valence-corrected chi connectivity index (χ1v) is 6.72. The maximum atomic E-state index is 11.9. The van der Waals surface area contributed by atoms with E-state index >= 15 is 0 Å². The fraction of sp³-hybridized carbons (Fsp3) is 0.333. The number of hydrogen-bond acceptors (Lipinski definition) is 3. The third kappa shape index (κ3) is 4.20. The Labute approximate surface area is 118 Å². The zero-order valence-corrected chi connectivity index (χ0v) is 11.3. The normalized spacial score (nSPS) is 12.1. The summed E-state index contributed by atoms with van der Waals surface area (Å²) < 4.78 is 1.80. The molecule has 0 fully saturated rings. The first kappa shape index (κ1) is 14.3. The number of aryl methyl sites for hydroxylation is 1. The predicted molar refractivity (Wildman–Crippen MR) is 75.9 cm³/mol. The molecule has 106 valence electrons. The van der Waals surface area contributed by atoms with Crippen LogP contribution in [0.2, 0.25) is 0 Å². The van der Waals surface area contributed by atoms with Gasteiger partial charge in [-0.3, -0.25) is 9.48 Å². The monoisotopic (exact) mass is 273 g/mol. The molecule has 5 nitrogen and oxygen atoms in total. The van der Waals surface area contributed by atoms with E-state index in [1.54, 1.807) is 10.9 Å². The van der Waals surface area contributed by atoms with Gasteiger partial charge in [-0.25, -0.2) is 0 Å². The predicted octanol–water partition coefficient (Wildman–Crippen LogP) is 1.51. The Morgan fingerprint density at radius 3 is 2.75 bits per heavy atom. The van der Waals surface area contributed by atoms with Gasteiger partial charge in [-0.15, -0.1) is 0 Å². The molecule has 0 aliphatic heterocycles. The SMILES string of the molecule is O=C(CCCn1cccn1)N[C@@H](CO)c1ccccc1. The van der Waals surface area contributed by atoms with Crippen molar-refractivity contribution < 1.29 is 9.90 Å². The lowest BCUT2D eigenvalue weighted by molar-refractivity contribution is -0.122. The first-order chi connectivity index (χ1) is 9.79. The van der Waals surface area contributed by atoms with Crippen molar-refractivity contribution in [1.29, 1.82) is 0 Å². The minimum absolute atomic E-state index is 0.0555.